The van der Waals surface area contributed by atoms with E-state index in [0.717, 1.165) is 89.9 Å². The summed E-state index contributed by atoms with van der Waals surface area (Å²) in [6, 6.07) is 0. The number of methoxy groups -OCH3 is 3. The molecule has 0 aromatic rings. The minimum absolute atomic E-state index is 0.266. The fourth-order valence-electron chi connectivity index (χ4n) is 5.03. The number of aliphatic hydroxyl groups is 1. The van der Waals surface area contributed by atoms with Gasteiger partial charge in [0.2, 0.25) is 0 Å². The van der Waals surface area contributed by atoms with Crippen molar-refractivity contribution in [2.24, 2.45) is 0 Å². The lowest BCUT2D eigenvalue weighted by Crippen LogP contribution is -2.40. The number of esters is 1. The zero-order valence-electron chi connectivity index (χ0n) is 23.7. The van der Waals surface area contributed by atoms with E-state index in [1.165, 1.54) is 0 Å². The third-order valence-corrected chi connectivity index (χ3v) is 8.16. The van der Waals surface area contributed by atoms with Gasteiger partial charge in [-0.15, -0.1) is 0 Å². The lowest BCUT2D eigenvalue weighted by molar-refractivity contribution is -0.161. The van der Waals surface area contributed by atoms with Crippen molar-refractivity contribution < 1.29 is 33.6 Å². The maximum Gasteiger partial charge on any atom is 0.333 e. The highest BCUT2D eigenvalue weighted by molar-refractivity contribution is 5.87. The first-order chi connectivity index (χ1) is 17.1. The van der Waals surface area contributed by atoms with Crippen LogP contribution in [0, 0.1) is 0 Å². The largest absolute Gasteiger partial charge is 0.456 e. The van der Waals surface area contributed by atoms with Crippen LogP contribution in [0.2, 0.25) is 0 Å². The fourth-order valence-corrected chi connectivity index (χ4v) is 5.03. The van der Waals surface area contributed by atoms with Crippen molar-refractivity contribution in [3.63, 3.8) is 0 Å². The Labute approximate surface area is 219 Å². The number of hydrogen-bond acceptors (Lipinski definition) is 7. The minimum Gasteiger partial charge on any atom is -0.456 e. The highest BCUT2D eigenvalue weighted by atomic mass is 16.6. The molecular formula is C29H52O7. The van der Waals surface area contributed by atoms with Crippen molar-refractivity contribution in [1.82, 2.24) is 0 Å². The van der Waals surface area contributed by atoms with Gasteiger partial charge in [0.1, 0.15) is 11.4 Å². The molecule has 3 aliphatic carbocycles. The minimum atomic E-state index is -0.380. The average Bonchev–Trinajstić information content (AvgIpc) is 2.90. The van der Waals surface area contributed by atoms with Crippen LogP contribution in [-0.4, -0.2) is 67.7 Å². The second-order valence-electron chi connectivity index (χ2n) is 10.6. The number of carbonyl (C=O) groups excluding carboxylic acids is 2. The van der Waals surface area contributed by atoms with Crippen LogP contribution in [0.3, 0.4) is 0 Å². The van der Waals surface area contributed by atoms with Crippen molar-refractivity contribution >= 4 is 11.8 Å². The van der Waals surface area contributed by atoms with E-state index in [0.29, 0.717) is 29.7 Å². The normalized spacial score (nSPS) is 30.8. The van der Waals surface area contributed by atoms with Crippen molar-refractivity contribution in [3.05, 3.63) is 12.2 Å². The summed E-state index contributed by atoms with van der Waals surface area (Å²) in [5, 5.41) is 9.84. The number of carbonyl (C=O) groups is 2. The Morgan fingerprint density at radius 1 is 0.833 bits per heavy atom. The number of ether oxygens (including phenoxy) is 4. The van der Waals surface area contributed by atoms with Crippen molar-refractivity contribution in [2.45, 2.75) is 140 Å². The summed E-state index contributed by atoms with van der Waals surface area (Å²) < 4.78 is 21.2. The van der Waals surface area contributed by atoms with Gasteiger partial charge in [0.25, 0.3) is 0 Å². The van der Waals surface area contributed by atoms with Crippen LogP contribution in [0.4, 0.5) is 0 Å². The Bertz CT molecular complexity index is 649. The van der Waals surface area contributed by atoms with Crippen LogP contribution in [0.1, 0.15) is 111 Å². The first-order valence-electron chi connectivity index (χ1n) is 13.8. The zero-order chi connectivity index (χ0) is 27.2. The smallest absolute Gasteiger partial charge is 0.333 e. The molecule has 0 aliphatic heterocycles. The molecule has 3 aliphatic rings. The summed E-state index contributed by atoms with van der Waals surface area (Å²) in [5.41, 5.74) is -0.193. The standard InChI is InChI=1S/C13H22O3.C9H18O2.C7H12O2/c1-5-13(16-12(14)10(2)3)8-6-11(15-4)7-9-13;1-3-9(10)6-4-8(11-2)5-7-9;1-9-7-4-2-6(8)3-5-7/h11H,2,5-9H2,1,3-4H3;8,10H,3-7H2,1-2H3;7H,2-5H2,1H3. The predicted molar refractivity (Wildman–Crippen MR) is 142 cm³/mol. The van der Waals surface area contributed by atoms with Gasteiger partial charge in [0.05, 0.1) is 23.9 Å². The SMILES string of the molecule is C=C(C)C(=O)OC1(CC)CCC(OC)CC1.CCC1(O)CCC(OC)CC1.COC1CCC(=O)CC1. The van der Waals surface area contributed by atoms with Crippen LogP contribution in [0.5, 0.6) is 0 Å². The number of hydrogen-bond donors (Lipinski definition) is 1. The molecule has 7 heteroatoms. The average molecular weight is 513 g/mol. The molecular weight excluding hydrogens is 460 g/mol. The fraction of sp³-hybridized carbons (Fsp3) is 0.862. The number of Topliss-reactive ketones (excluding diaryl/α,β-unsaturated/α-hetero) is 1. The lowest BCUT2D eigenvalue weighted by Gasteiger charge is -2.38. The van der Waals surface area contributed by atoms with Crippen LogP contribution in [0.25, 0.3) is 0 Å². The molecule has 210 valence electrons. The van der Waals surface area contributed by atoms with E-state index in [1.807, 2.05) is 6.92 Å². The molecule has 3 rings (SSSR count). The van der Waals surface area contributed by atoms with Crippen LogP contribution >= 0.6 is 0 Å². The Kier molecular flexibility index (Phi) is 15.0. The quantitative estimate of drug-likeness (QED) is 0.345. The van der Waals surface area contributed by atoms with Gasteiger partial charge in [-0.05, 0) is 84.0 Å². The molecule has 0 unspecified atom stereocenters. The Balaban J connectivity index is 0.000000283. The maximum absolute atomic E-state index is 11.6. The Morgan fingerprint density at radius 2 is 1.25 bits per heavy atom. The molecule has 0 bridgehead atoms. The van der Waals surface area contributed by atoms with E-state index in [2.05, 4.69) is 13.5 Å². The van der Waals surface area contributed by atoms with Gasteiger partial charge in [-0.2, -0.15) is 0 Å². The van der Waals surface area contributed by atoms with Crippen molar-refractivity contribution in [1.29, 1.82) is 0 Å². The maximum atomic E-state index is 11.6. The molecule has 0 aromatic carbocycles. The van der Waals surface area contributed by atoms with E-state index < -0.39 is 0 Å². The van der Waals surface area contributed by atoms with Gasteiger partial charge in [0.15, 0.2) is 0 Å². The molecule has 0 amide bonds. The lowest BCUT2D eigenvalue weighted by atomic mass is 9.81. The van der Waals surface area contributed by atoms with Gasteiger partial charge in [0, 0.05) is 39.7 Å². The monoisotopic (exact) mass is 512 g/mol. The molecule has 1 N–H and O–H groups in total. The predicted octanol–water partition coefficient (Wildman–Crippen LogP) is 5.70. The van der Waals surface area contributed by atoms with Gasteiger partial charge in [-0.1, -0.05) is 20.4 Å². The van der Waals surface area contributed by atoms with E-state index in [1.54, 1.807) is 28.3 Å². The van der Waals surface area contributed by atoms with Crippen molar-refractivity contribution in [3.8, 4) is 0 Å². The molecule has 36 heavy (non-hydrogen) atoms. The molecule has 3 saturated carbocycles. The third-order valence-electron chi connectivity index (χ3n) is 8.16. The Morgan fingerprint density at radius 3 is 1.61 bits per heavy atom. The Hall–Kier alpha value is -1.28. The summed E-state index contributed by atoms with van der Waals surface area (Å²) in [6.07, 6.45) is 13.6. The second kappa shape index (κ2) is 16.5. The molecule has 0 aromatic heterocycles. The zero-order valence-corrected chi connectivity index (χ0v) is 23.7. The second-order valence-corrected chi connectivity index (χ2v) is 10.6. The van der Waals surface area contributed by atoms with Gasteiger partial charge < -0.3 is 24.1 Å². The van der Waals surface area contributed by atoms with Gasteiger partial charge >= 0.3 is 5.97 Å². The molecule has 7 nitrogen and oxygen atoms in total. The van der Waals surface area contributed by atoms with E-state index in [9.17, 15) is 14.7 Å². The molecule has 0 saturated heterocycles. The van der Waals surface area contributed by atoms with Crippen LogP contribution in [0.15, 0.2) is 12.2 Å². The van der Waals surface area contributed by atoms with Gasteiger partial charge in [-0.25, -0.2) is 4.79 Å². The van der Waals surface area contributed by atoms with Crippen LogP contribution < -0.4 is 0 Å². The summed E-state index contributed by atoms with van der Waals surface area (Å²) in [4.78, 5) is 22.2. The number of rotatable bonds is 7. The van der Waals surface area contributed by atoms with Crippen LogP contribution in [-0.2, 0) is 28.5 Å². The molecule has 3 fully saturated rings. The third kappa shape index (κ3) is 11.4. The van der Waals surface area contributed by atoms with E-state index in [4.69, 9.17) is 18.9 Å². The van der Waals surface area contributed by atoms with E-state index in [-0.39, 0.29) is 17.2 Å². The molecule has 0 radical (unpaired) electrons. The first kappa shape index (κ1) is 32.7. The topological polar surface area (TPSA) is 91.3 Å². The van der Waals surface area contributed by atoms with Gasteiger partial charge in [-0.3, -0.25) is 4.79 Å². The first-order valence-corrected chi connectivity index (χ1v) is 13.8. The molecule has 0 spiro atoms. The summed E-state index contributed by atoms with van der Waals surface area (Å²) in [6.45, 7) is 9.42. The summed E-state index contributed by atoms with van der Waals surface area (Å²) in [5.74, 6) is 0.126. The molecule has 0 heterocycles. The summed E-state index contributed by atoms with van der Waals surface area (Å²) in [7, 11) is 5.20. The highest BCUT2D eigenvalue weighted by Crippen LogP contribution is 2.36. The van der Waals surface area contributed by atoms with Crippen molar-refractivity contribution in [2.75, 3.05) is 21.3 Å². The van der Waals surface area contributed by atoms with E-state index >= 15 is 0 Å². The summed E-state index contributed by atoms with van der Waals surface area (Å²) >= 11 is 0. The number of ketones is 1. The molecule has 0 atom stereocenters. The highest BCUT2D eigenvalue weighted by Gasteiger charge is 2.37.